The first kappa shape index (κ1) is 19.0. The van der Waals surface area contributed by atoms with Crippen molar-refractivity contribution in [2.24, 2.45) is 5.92 Å². The zero-order chi connectivity index (χ0) is 16.7. The number of nitrogens with zero attached hydrogens (tertiary/aromatic N) is 1. The molecule has 124 valence electrons. The van der Waals surface area contributed by atoms with Crippen LogP contribution < -0.4 is 9.64 Å². The van der Waals surface area contributed by atoms with E-state index in [9.17, 15) is 4.79 Å². The maximum Gasteiger partial charge on any atom is 0.135 e. The second kappa shape index (κ2) is 9.19. The van der Waals surface area contributed by atoms with Gasteiger partial charge in [0.2, 0.25) is 0 Å². The average Bonchev–Trinajstić information content (AvgIpc) is 2.85. The predicted molar refractivity (Wildman–Crippen MR) is 97.0 cm³/mol. The fourth-order valence-corrected chi connectivity index (χ4v) is 2.98. The summed E-state index contributed by atoms with van der Waals surface area (Å²) in [7, 11) is 1.73. The van der Waals surface area contributed by atoms with E-state index in [1.165, 1.54) is 37.9 Å². The van der Waals surface area contributed by atoms with Gasteiger partial charge in [-0.3, -0.25) is 0 Å². The fraction of sp³-hybridized carbons (Fsp3) is 0.611. The van der Waals surface area contributed by atoms with Crippen LogP contribution in [0.4, 0.5) is 5.69 Å². The Kier molecular flexibility index (Phi) is 7.94. The summed E-state index contributed by atoms with van der Waals surface area (Å²) in [5.74, 6) is 1.91. The summed E-state index contributed by atoms with van der Waals surface area (Å²) in [4.78, 5) is 11.9. The number of ketones is 1. The molecule has 1 aliphatic heterocycles. The van der Waals surface area contributed by atoms with Gasteiger partial charge in [-0.25, -0.2) is 0 Å². The van der Waals surface area contributed by atoms with E-state index in [1.54, 1.807) is 7.11 Å². The molecule has 1 unspecified atom stereocenters. The van der Waals surface area contributed by atoms with Gasteiger partial charge in [-0.1, -0.05) is 20.3 Å². The van der Waals surface area contributed by atoms with Gasteiger partial charge >= 0.3 is 0 Å². The predicted octanol–water partition coefficient (Wildman–Crippen LogP) is 4.85. The lowest BCUT2D eigenvalue weighted by atomic mass is 10.1. The highest BCUT2D eigenvalue weighted by atomic mass is 79.9. The molecule has 0 aromatic heterocycles. The Labute approximate surface area is 143 Å². The number of rotatable bonds is 5. The van der Waals surface area contributed by atoms with Gasteiger partial charge in [-0.15, -0.1) is 0 Å². The number of hydrogen-bond donors (Lipinski definition) is 0. The topological polar surface area (TPSA) is 29.5 Å². The van der Waals surface area contributed by atoms with E-state index < -0.39 is 0 Å². The van der Waals surface area contributed by atoms with Crippen molar-refractivity contribution < 1.29 is 9.53 Å². The first-order chi connectivity index (χ1) is 10.4. The molecule has 0 radical (unpaired) electrons. The van der Waals surface area contributed by atoms with Crippen molar-refractivity contribution in [2.75, 3.05) is 25.1 Å². The van der Waals surface area contributed by atoms with E-state index in [1.807, 2.05) is 0 Å². The molecule has 0 saturated carbocycles. The molecule has 1 atom stereocenters. The molecule has 1 heterocycles. The van der Waals surface area contributed by atoms with Crippen LogP contribution in [0.2, 0.25) is 0 Å². The third kappa shape index (κ3) is 5.64. The number of carbonyl (C=O) groups is 1. The van der Waals surface area contributed by atoms with E-state index in [4.69, 9.17) is 4.74 Å². The summed E-state index contributed by atoms with van der Waals surface area (Å²) >= 11 is 3.56. The van der Waals surface area contributed by atoms with Crippen LogP contribution >= 0.6 is 15.9 Å². The number of hydrogen-bond acceptors (Lipinski definition) is 3. The molecule has 0 fully saturated rings. The zero-order valence-electron chi connectivity index (χ0n) is 14.4. The van der Waals surface area contributed by atoms with Crippen molar-refractivity contribution in [2.45, 2.75) is 47.0 Å². The van der Waals surface area contributed by atoms with Crippen molar-refractivity contribution >= 4 is 27.4 Å². The maximum absolute atomic E-state index is 9.44. The van der Waals surface area contributed by atoms with Gasteiger partial charge in [0.05, 0.1) is 11.6 Å². The van der Waals surface area contributed by atoms with Gasteiger partial charge in [0, 0.05) is 24.8 Å². The molecule has 0 bridgehead atoms. The lowest BCUT2D eigenvalue weighted by Crippen LogP contribution is -2.23. The fourth-order valence-electron chi connectivity index (χ4n) is 2.42. The first-order valence-electron chi connectivity index (χ1n) is 7.97. The number of methoxy groups -OCH3 is 1. The number of benzene rings is 1. The lowest BCUT2D eigenvalue weighted by molar-refractivity contribution is -0.114. The summed E-state index contributed by atoms with van der Waals surface area (Å²) < 4.78 is 6.45. The van der Waals surface area contributed by atoms with Gasteiger partial charge in [0.15, 0.2) is 0 Å². The third-order valence-corrected chi connectivity index (χ3v) is 4.55. The molecule has 1 aliphatic rings. The molecule has 2 rings (SSSR count). The molecule has 3 nitrogen and oxygen atoms in total. The van der Waals surface area contributed by atoms with Crippen LogP contribution in [0.15, 0.2) is 16.6 Å². The highest BCUT2D eigenvalue weighted by Gasteiger charge is 2.21. The van der Waals surface area contributed by atoms with Crippen LogP contribution in [-0.2, 0) is 11.2 Å². The zero-order valence-corrected chi connectivity index (χ0v) is 16.0. The summed E-state index contributed by atoms with van der Waals surface area (Å²) in [6.07, 6.45) is 3.69. The van der Waals surface area contributed by atoms with Gasteiger partial charge in [0.1, 0.15) is 11.5 Å². The molecule has 0 saturated heterocycles. The Hall–Kier alpha value is -1.03. The first-order valence-corrected chi connectivity index (χ1v) is 8.76. The van der Waals surface area contributed by atoms with E-state index in [2.05, 4.69) is 46.8 Å². The van der Waals surface area contributed by atoms with E-state index in [-0.39, 0.29) is 5.78 Å². The number of Topliss-reactive ketones (excluding diaryl/α,β-unsaturated/α-hetero) is 1. The molecule has 0 N–H and O–H groups in total. The monoisotopic (exact) mass is 369 g/mol. The normalized spacial score (nSPS) is 14.0. The lowest BCUT2D eigenvalue weighted by Gasteiger charge is -2.21. The van der Waals surface area contributed by atoms with Gasteiger partial charge in [-0.05, 0) is 60.2 Å². The van der Waals surface area contributed by atoms with Crippen LogP contribution in [0.1, 0.15) is 46.1 Å². The molecule has 0 amide bonds. The third-order valence-electron chi connectivity index (χ3n) is 3.93. The molecule has 0 spiro atoms. The molecule has 4 heteroatoms. The smallest absolute Gasteiger partial charge is 0.135 e. The minimum atomic E-state index is 0.167. The van der Waals surface area contributed by atoms with Crippen molar-refractivity contribution in [3.63, 3.8) is 0 Å². The molecular formula is C18H28BrNO2. The SMILES string of the molecule is CC(C)=O.CCC(C)CCN1CCc2cc(Br)c(OC)cc21. The summed E-state index contributed by atoms with van der Waals surface area (Å²) in [6, 6.07) is 4.38. The Morgan fingerprint density at radius 1 is 1.41 bits per heavy atom. The van der Waals surface area contributed by atoms with Crippen LogP contribution in [0.3, 0.4) is 0 Å². The van der Waals surface area contributed by atoms with Crippen molar-refractivity contribution in [3.8, 4) is 5.75 Å². The summed E-state index contributed by atoms with van der Waals surface area (Å²) in [5, 5.41) is 0. The Morgan fingerprint density at radius 2 is 2.05 bits per heavy atom. The quantitative estimate of drug-likeness (QED) is 0.742. The number of fused-ring (bicyclic) bond motifs is 1. The Morgan fingerprint density at radius 3 is 2.59 bits per heavy atom. The van der Waals surface area contributed by atoms with Crippen molar-refractivity contribution in [1.82, 2.24) is 0 Å². The number of halogens is 1. The standard InChI is InChI=1S/C15H22BrNO.C3H6O/c1-4-11(2)5-7-17-8-6-12-9-13(16)15(18-3)10-14(12)17;1-3(2)4/h9-11H,4-8H2,1-3H3;1-2H3. The molecule has 0 aliphatic carbocycles. The van der Waals surface area contributed by atoms with Gasteiger partial charge in [-0.2, -0.15) is 0 Å². The highest BCUT2D eigenvalue weighted by Crippen LogP contribution is 2.37. The molecule has 1 aromatic carbocycles. The number of ether oxygens (including phenoxy) is 1. The molecule has 1 aromatic rings. The molecular weight excluding hydrogens is 342 g/mol. The second-order valence-corrected chi connectivity index (χ2v) is 6.92. The maximum atomic E-state index is 9.44. The Balaban J connectivity index is 0.000000541. The minimum Gasteiger partial charge on any atom is -0.495 e. The van der Waals surface area contributed by atoms with E-state index >= 15 is 0 Å². The van der Waals surface area contributed by atoms with Gasteiger partial charge in [0.25, 0.3) is 0 Å². The van der Waals surface area contributed by atoms with Crippen LogP contribution in [0, 0.1) is 5.92 Å². The summed E-state index contributed by atoms with van der Waals surface area (Å²) in [6.45, 7) is 9.96. The van der Waals surface area contributed by atoms with Crippen LogP contribution in [-0.4, -0.2) is 26.0 Å². The average molecular weight is 370 g/mol. The van der Waals surface area contributed by atoms with Crippen LogP contribution in [0.25, 0.3) is 0 Å². The van der Waals surface area contributed by atoms with Crippen molar-refractivity contribution in [1.29, 1.82) is 0 Å². The van der Waals surface area contributed by atoms with E-state index in [0.717, 1.165) is 35.7 Å². The highest BCUT2D eigenvalue weighted by molar-refractivity contribution is 9.10. The van der Waals surface area contributed by atoms with Crippen molar-refractivity contribution in [3.05, 3.63) is 22.2 Å². The van der Waals surface area contributed by atoms with E-state index in [0.29, 0.717) is 0 Å². The second-order valence-electron chi connectivity index (χ2n) is 6.06. The molecule has 22 heavy (non-hydrogen) atoms. The number of carbonyl (C=O) groups excluding carboxylic acids is 1. The minimum absolute atomic E-state index is 0.167. The number of anilines is 1. The largest absolute Gasteiger partial charge is 0.495 e. The van der Waals surface area contributed by atoms with Gasteiger partial charge < -0.3 is 14.4 Å². The summed E-state index contributed by atoms with van der Waals surface area (Å²) in [5.41, 5.74) is 2.80. The van der Waals surface area contributed by atoms with Crippen LogP contribution in [0.5, 0.6) is 5.75 Å². The Bertz CT molecular complexity index is 498.